The van der Waals surface area contributed by atoms with Crippen LogP contribution in [-0.2, 0) is 21.5 Å². The molecule has 0 unspecified atom stereocenters. The fourth-order valence-corrected chi connectivity index (χ4v) is 6.15. The Balaban J connectivity index is 1.61. The number of amides is 2. The summed E-state index contributed by atoms with van der Waals surface area (Å²) >= 11 is 7.58. The molecule has 0 bridgehead atoms. The lowest BCUT2D eigenvalue weighted by Crippen LogP contribution is -2.27. The smallest absolute Gasteiger partial charge is 0.339 e. The van der Waals surface area contributed by atoms with E-state index < -0.39 is 16.0 Å². The molecular weight excluding hydrogens is 646 g/mol. The maximum Gasteiger partial charge on any atom is 0.339 e. The van der Waals surface area contributed by atoms with Gasteiger partial charge in [0.25, 0.3) is 11.1 Å². The van der Waals surface area contributed by atoms with Crippen LogP contribution >= 0.6 is 43.6 Å². The Labute approximate surface area is 236 Å². The number of benzene rings is 3. The first-order valence-corrected chi connectivity index (χ1v) is 14.9. The molecule has 0 spiro atoms. The van der Waals surface area contributed by atoms with Crippen LogP contribution in [0.2, 0.25) is 0 Å². The van der Waals surface area contributed by atoms with Crippen LogP contribution in [0.4, 0.5) is 4.79 Å². The van der Waals surface area contributed by atoms with Crippen LogP contribution < -0.4 is 8.92 Å². The first-order chi connectivity index (χ1) is 17.6. The van der Waals surface area contributed by atoms with E-state index in [0.29, 0.717) is 10.0 Å². The van der Waals surface area contributed by atoms with Crippen molar-refractivity contribution in [1.29, 1.82) is 0 Å². The second-order valence-corrected chi connectivity index (χ2v) is 12.3. The normalized spacial score (nSPS) is 14.9. The molecule has 1 heterocycles. The van der Waals surface area contributed by atoms with Gasteiger partial charge in [0.2, 0.25) is 0 Å². The van der Waals surface area contributed by atoms with Gasteiger partial charge in [-0.05, 0) is 95.1 Å². The van der Waals surface area contributed by atoms with E-state index in [-0.39, 0.29) is 39.7 Å². The predicted molar refractivity (Wildman–Crippen MR) is 150 cm³/mol. The van der Waals surface area contributed by atoms with E-state index in [1.807, 2.05) is 31.2 Å². The van der Waals surface area contributed by atoms with E-state index in [1.54, 1.807) is 37.3 Å². The van der Waals surface area contributed by atoms with Gasteiger partial charge >= 0.3 is 10.1 Å². The third-order valence-electron chi connectivity index (χ3n) is 5.26. The Hall–Kier alpha value is -2.60. The molecule has 0 atom stereocenters. The highest BCUT2D eigenvalue weighted by molar-refractivity contribution is 9.10. The van der Waals surface area contributed by atoms with Gasteiger partial charge in [0.1, 0.15) is 4.90 Å². The van der Waals surface area contributed by atoms with E-state index in [4.69, 9.17) is 8.92 Å². The molecule has 11 heteroatoms. The molecule has 3 aromatic carbocycles. The van der Waals surface area contributed by atoms with Gasteiger partial charge in [0, 0.05) is 4.47 Å². The zero-order chi connectivity index (χ0) is 26.7. The van der Waals surface area contributed by atoms with Gasteiger partial charge in [-0.25, -0.2) is 0 Å². The molecule has 1 saturated heterocycles. The Kier molecular flexibility index (Phi) is 8.47. The summed E-state index contributed by atoms with van der Waals surface area (Å²) in [6.07, 6.45) is 1.57. The largest absolute Gasteiger partial charge is 0.490 e. The molecule has 3 aromatic rings. The Bertz CT molecular complexity index is 1490. The van der Waals surface area contributed by atoms with Crippen LogP contribution in [0.5, 0.6) is 11.5 Å². The maximum absolute atomic E-state index is 13.0. The Morgan fingerprint density at radius 1 is 1.00 bits per heavy atom. The lowest BCUT2D eigenvalue weighted by molar-refractivity contribution is -0.123. The highest BCUT2D eigenvalue weighted by Gasteiger charge is 2.35. The highest BCUT2D eigenvalue weighted by Crippen LogP contribution is 2.41. The van der Waals surface area contributed by atoms with Crippen molar-refractivity contribution in [2.75, 3.05) is 6.61 Å². The van der Waals surface area contributed by atoms with Crippen LogP contribution in [-0.4, -0.2) is 31.1 Å². The average Bonchev–Trinajstić information content (AvgIpc) is 3.10. The number of imide groups is 1. The summed E-state index contributed by atoms with van der Waals surface area (Å²) in [6, 6.07) is 16.8. The SMILES string of the molecule is CCOc1cc(/C=C2\SC(=O)N(Cc3ccc(Br)cc3)C2=O)cc(Br)c1OS(=O)(=O)c1ccc(C)cc1. The molecule has 1 fully saturated rings. The summed E-state index contributed by atoms with van der Waals surface area (Å²) in [4.78, 5) is 27.0. The van der Waals surface area contributed by atoms with Gasteiger partial charge < -0.3 is 8.92 Å². The van der Waals surface area contributed by atoms with Crippen LogP contribution in [0, 0.1) is 6.92 Å². The quantitative estimate of drug-likeness (QED) is 0.190. The van der Waals surface area contributed by atoms with Crippen LogP contribution in [0.3, 0.4) is 0 Å². The monoisotopic (exact) mass is 665 g/mol. The number of rotatable bonds is 8. The molecule has 0 saturated carbocycles. The van der Waals surface area contributed by atoms with E-state index in [2.05, 4.69) is 31.9 Å². The molecule has 7 nitrogen and oxygen atoms in total. The third kappa shape index (κ3) is 6.46. The van der Waals surface area contributed by atoms with Gasteiger partial charge in [0.05, 0.1) is 22.5 Å². The number of ether oxygens (including phenoxy) is 1. The molecule has 1 aliphatic rings. The van der Waals surface area contributed by atoms with E-state index in [9.17, 15) is 18.0 Å². The summed E-state index contributed by atoms with van der Waals surface area (Å²) in [5.74, 6) is -0.245. The second kappa shape index (κ2) is 11.4. The minimum atomic E-state index is -4.12. The first-order valence-electron chi connectivity index (χ1n) is 11.0. The molecule has 0 radical (unpaired) electrons. The third-order valence-corrected chi connectivity index (χ3v) is 8.52. The topological polar surface area (TPSA) is 90.0 Å². The van der Waals surface area contributed by atoms with Crippen molar-refractivity contribution >= 4 is 71.0 Å². The number of carbonyl (C=O) groups excluding carboxylic acids is 2. The molecule has 1 aliphatic heterocycles. The Morgan fingerprint density at radius 3 is 2.32 bits per heavy atom. The fraction of sp³-hybridized carbons (Fsp3) is 0.154. The van der Waals surface area contributed by atoms with Gasteiger partial charge in [-0.3, -0.25) is 14.5 Å². The van der Waals surface area contributed by atoms with Crippen molar-refractivity contribution in [2.24, 2.45) is 0 Å². The Morgan fingerprint density at radius 2 is 1.68 bits per heavy atom. The summed E-state index contributed by atoms with van der Waals surface area (Å²) in [5.41, 5.74) is 2.27. The van der Waals surface area contributed by atoms with Crippen molar-refractivity contribution in [3.05, 3.63) is 91.2 Å². The second-order valence-electron chi connectivity index (χ2n) is 8.01. The summed E-state index contributed by atoms with van der Waals surface area (Å²) in [6.45, 7) is 4.02. The van der Waals surface area contributed by atoms with Gasteiger partial charge in [-0.2, -0.15) is 8.42 Å². The van der Waals surface area contributed by atoms with E-state index in [1.165, 1.54) is 17.0 Å². The molecule has 192 valence electrons. The molecule has 37 heavy (non-hydrogen) atoms. The number of carbonyl (C=O) groups is 2. The summed E-state index contributed by atoms with van der Waals surface area (Å²) in [5, 5.41) is -0.368. The maximum atomic E-state index is 13.0. The summed E-state index contributed by atoms with van der Waals surface area (Å²) < 4.78 is 38.0. The van der Waals surface area contributed by atoms with Gasteiger partial charge in [0.15, 0.2) is 11.5 Å². The van der Waals surface area contributed by atoms with Crippen molar-refractivity contribution in [2.45, 2.75) is 25.3 Å². The first kappa shape index (κ1) is 27.4. The van der Waals surface area contributed by atoms with E-state index in [0.717, 1.165) is 27.4 Å². The molecule has 0 aromatic heterocycles. The molecule has 0 N–H and O–H groups in total. The molecule has 2 amide bonds. The van der Waals surface area contributed by atoms with Crippen molar-refractivity contribution in [3.63, 3.8) is 0 Å². The molecule has 0 aliphatic carbocycles. The number of hydrogen-bond donors (Lipinski definition) is 0. The van der Waals surface area contributed by atoms with Gasteiger partial charge in [-0.1, -0.05) is 45.8 Å². The summed E-state index contributed by atoms with van der Waals surface area (Å²) in [7, 11) is -4.12. The lowest BCUT2D eigenvalue weighted by atomic mass is 10.1. The number of thioether (sulfide) groups is 1. The minimum absolute atomic E-state index is 0.0102. The standard InChI is InChI=1S/C26H21Br2NO6S2/c1-3-34-22-13-18(12-21(28)24(22)35-37(32,33)20-10-4-16(2)5-11-20)14-23-25(30)29(26(31)36-23)15-17-6-8-19(27)9-7-17/h4-14H,3,15H2,1-2H3/b23-14-. The number of nitrogens with zero attached hydrogens (tertiary/aromatic N) is 1. The molecule has 4 rings (SSSR count). The average molecular weight is 667 g/mol. The van der Waals surface area contributed by atoms with Crippen molar-refractivity contribution < 1.29 is 26.9 Å². The zero-order valence-electron chi connectivity index (χ0n) is 19.7. The van der Waals surface area contributed by atoms with E-state index >= 15 is 0 Å². The number of aryl methyl sites for hydroxylation is 1. The fourth-order valence-electron chi connectivity index (χ4n) is 3.44. The lowest BCUT2D eigenvalue weighted by Gasteiger charge is -2.15. The van der Waals surface area contributed by atoms with Crippen molar-refractivity contribution in [3.8, 4) is 11.5 Å². The number of halogens is 2. The van der Waals surface area contributed by atoms with Crippen LogP contribution in [0.1, 0.15) is 23.6 Å². The van der Waals surface area contributed by atoms with Crippen LogP contribution in [0.15, 0.2) is 79.4 Å². The number of hydrogen-bond acceptors (Lipinski definition) is 7. The zero-order valence-corrected chi connectivity index (χ0v) is 24.5. The highest BCUT2D eigenvalue weighted by atomic mass is 79.9. The minimum Gasteiger partial charge on any atom is -0.490 e. The molecular formula is C26H21Br2NO6S2. The van der Waals surface area contributed by atoms with Crippen molar-refractivity contribution in [1.82, 2.24) is 4.90 Å². The van der Waals surface area contributed by atoms with Crippen LogP contribution in [0.25, 0.3) is 6.08 Å². The predicted octanol–water partition coefficient (Wildman–Crippen LogP) is 6.92. The van der Waals surface area contributed by atoms with Gasteiger partial charge in [-0.15, -0.1) is 0 Å².